The number of fused-ring (bicyclic) bond motifs is 3. The molecule has 0 atom stereocenters. The molecule has 4 rings (SSSR count). The maximum atomic E-state index is 12.7. The lowest BCUT2D eigenvalue weighted by Gasteiger charge is -2.28. The van der Waals surface area contributed by atoms with Gasteiger partial charge in [0.15, 0.2) is 18.5 Å². The number of phenols is 1. The van der Waals surface area contributed by atoms with E-state index in [0.29, 0.717) is 42.7 Å². The second-order valence-electron chi connectivity index (χ2n) is 6.58. The van der Waals surface area contributed by atoms with E-state index < -0.39 is 18.0 Å². The van der Waals surface area contributed by atoms with Gasteiger partial charge in [-0.05, 0) is 30.5 Å². The molecule has 8 nitrogen and oxygen atoms in total. The van der Waals surface area contributed by atoms with Crippen LogP contribution in [-0.4, -0.2) is 42.5 Å². The van der Waals surface area contributed by atoms with E-state index in [2.05, 4.69) is 5.92 Å². The van der Waals surface area contributed by atoms with Crippen molar-refractivity contribution in [3.63, 3.8) is 0 Å². The van der Waals surface area contributed by atoms with Crippen molar-refractivity contribution in [1.29, 1.82) is 0 Å². The molecular formula is C20H19NO7. The van der Waals surface area contributed by atoms with Crippen LogP contribution >= 0.6 is 0 Å². The van der Waals surface area contributed by atoms with E-state index in [1.54, 1.807) is 6.07 Å². The minimum atomic E-state index is -0.794. The first-order valence-electron chi connectivity index (χ1n) is 8.99. The molecular weight excluding hydrogens is 366 g/mol. The highest BCUT2D eigenvalue weighted by Crippen LogP contribution is 2.38. The van der Waals surface area contributed by atoms with Gasteiger partial charge in [0.2, 0.25) is 0 Å². The van der Waals surface area contributed by atoms with Crippen LogP contribution in [0.25, 0.3) is 11.0 Å². The quantitative estimate of drug-likeness (QED) is 0.624. The van der Waals surface area contributed by atoms with Gasteiger partial charge in [-0.1, -0.05) is 5.92 Å². The third kappa shape index (κ3) is 3.19. The van der Waals surface area contributed by atoms with Crippen molar-refractivity contribution in [3.8, 4) is 18.1 Å². The molecule has 2 aliphatic heterocycles. The summed E-state index contributed by atoms with van der Waals surface area (Å²) in [6, 6.07) is 3.23. The van der Waals surface area contributed by atoms with Gasteiger partial charge >= 0.3 is 11.7 Å². The number of hydrogen-bond donors (Lipinski definition) is 1. The zero-order valence-electron chi connectivity index (χ0n) is 15.1. The highest BCUT2D eigenvalue weighted by molar-refractivity contribution is 5.86. The number of ether oxygens (including phenoxy) is 3. The third-order valence-corrected chi connectivity index (χ3v) is 4.88. The molecule has 1 aromatic carbocycles. The SMILES string of the molecule is C#CCOC(=O)N1CCc2c(c(=O)oc3c(C4OCCCO4)c(O)ccc23)C1. The number of phenolic OH excluding ortho intramolecular Hbond substituents is 1. The lowest BCUT2D eigenvalue weighted by atomic mass is 9.96. The number of nitrogens with zero attached hydrogens (tertiary/aromatic N) is 1. The van der Waals surface area contributed by atoms with Gasteiger partial charge in [-0.2, -0.15) is 0 Å². The number of carbonyl (C=O) groups excluding carboxylic acids is 1. The van der Waals surface area contributed by atoms with Crippen molar-refractivity contribution in [2.24, 2.45) is 0 Å². The summed E-state index contributed by atoms with van der Waals surface area (Å²) in [6.45, 7) is 1.30. The van der Waals surface area contributed by atoms with Crippen molar-refractivity contribution in [2.45, 2.75) is 25.7 Å². The van der Waals surface area contributed by atoms with Gasteiger partial charge in [0.05, 0.1) is 30.9 Å². The second kappa shape index (κ2) is 7.54. The minimum absolute atomic E-state index is 0.0576. The summed E-state index contributed by atoms with van der Waals surface area (Å²) >= 11 is 0. The molecule has 0 radical (unpaired) electrons. The molecule has 2 aliphatic rings. The first-order chi connectivity index (χ1) is 13.6. The fourth-order valence-corrected chi connectivity index (χ4v) is 3.57. The minimum Gasteiger partial charge on any atom is -0.507 e. The third-order valence-electron chi connectivity index (χ3n) is 4.88. The molecule has 2 aromatic rings. The van der Waals surface area contributed by atoms with E-state index in [0.717, 1.165) is 12.0 Å². The summed E-state index contributed by atoms with van der Waals surface area (Å²) in [4.78, 5) is 26.1. The molecule has 0 bridgehead atoms. The van der Waals surface area contributed by atoms with Crippen molar-refractivity contribution < 1.29 is 28.5 Å². The first kappa shape index (κ1) is 18.3. The van der Waals surface area contributed by atoms with Gasteiger partial charge in [0, 0.05) is 11.9 Å². The van der Waals surface area contributed by atoms with Crippen LogP contribution < -0.4 is 5.63 Å². The molecule has 1 N–H and O–H groups in total. The number of carbonyl (C=O) groups is 1. The maximum absolute atomic E-state index is 12.7. The van der Waals surface area contributed by atoms with E-state index in [9.17, 15) is 14.7 Å². The zero-order chi connectivity index (χ0) is 19.7. The fraction of sp³-hybridized carbons (Fsp3) is 0.400. The molecule has 0 unspecified atom stereocenters. The number of amides is 1. The number of terminal acetylenes is 1. The predicted molar refractivity (Wildman–Crippen MR) is 97.7 cm³/mol. The van der Waals surface area contributed by atoms with Gasteiger partial charge in [-0.3, -0.25) is 0 Å². The number of rotatable bonds is 2. The standard InChI is InChI=1S/C20H19NO7/c1-2-8-27-20(24)21-7-6-12-13-4-5-15(22)16(19-25-9-3-10-26-19)17(13)28-18(23)14(12)11-21/h1,4-5,19,22H,3,6-11H2. The molecule has 1 aromatic heterocycles. The van der Waals surface area contributed by atoms with Crippen LogP contribution in [0.5, 0.6) is 5.75 Å². The summed E-state index contributed by atoms with van der Waals surface area (Å²) in [7, 11) is 0. The smallest absolute Gasteiger partial charge is 0.411 e. The van der Waals surface area contributed by atoms with Crippen LogP contribution in [-0.2, 0) is 27.2 Å². The van der Waals surface area contributed by atoms with Crippen molar-refractivity contribution >= 4 is 17.1 Å². The molecule has 3 heterocycles. The van der Waals surface area contributed by atoms with Crippen molar-refractivity contribution in [2.75, 3.05) is 26.4 Å². The van der Waals surface area contributed by atoms with Crippen LogP contribution in [0.3, 0.4) is 0 Å². The number of aromatic hydroxyl groups is 1. The topological polar surface area (TPSA) is 98.4 Å². The predicted octanol–water partition coefficient (Wildman–Crippen LogP) is 2.06. The largest absolute Gasteiger partial charge is 0.507 e. The lowest BCUT2D eigenvalue weighted by molar-refractivity contribution is -0.183. The molecule has 0 aliphatic carbocycles. The van der Waals surface area contributed by atoms with Gasteiger partial charge in [-0.25, -0.2) is 9.59 Å². The highest BCUT2D eigenvalue weighted by Gasteiger charge is 2.30. The lowest BCUT2D eigenvalue weighted by Crippen LogP contribution is -2.38. The van der Waals surface area contributed by atoms with Crippen molar-refractivity contribution in [1.82, 2.24) is 4.90 Å². The maximum Gasteiger partial charge on any atom is 0.411 e. The Balaban J connectivity index is 1.76. The Hall–Kier alpha value is -3.02. The molecule has 28 heavy (non-hydrogen) atoms. The summed E-state index contributed by atoms with van der Waals surface area (Å²) < 4.78 is 21.7. The molecule has 1 fully saturated rings. The van der Waals surface area contributed by atoms with Gasteiger partial charge < -0.3 is 28.6 Å². The molecule has 8 heteroatoms. The Kier molecular flexibility index (Phi) is 4.94. The van der Waals surface area contributed by atoms with Crippen LogP contribution in [0.15, 0.2) is 21.3 Å². The van der Waals surface area contributed by atoms with E-state index in [4.69, 9.17) is 25.1 Å². The highest BCUT2D eigenvalue weighted by atomic mass is 16.7. The van der Waals surface area contributed by atoms with Crippen LogP contribution in [0.4, 0.5) is 4.79 Å². The molecule has 0 saturated carbocycles. The zero-order valence-corrected chi connectivity index (χ0v) is 15.1. The fourth-order valence-electron chi connectivity index (χ4n) is 3.57. The number of hydrogen-bond acceptors (Lipinski definition) is 7. The van der Waals surface area contributed by atoms with E-state index >= 15 is 0 Å². The Bertz CT molecular complexity index is 1010. The van der Waals surface area contributed by atoms with Crippen molar-refractivity contribution in [3.05, 3.63) is 39.2 Å². The average Bonchev–Trinajstić information content (AvgIpc) is 2.72. The molecule has 1 saturated heterocycles. The Morgan fingerprint density at radius 3 is 2.86 bits per heavy atom. The molecule has 0 spiro atoms. The van der Waals surface area contributed by atoms with Crippen LogP contribution in [0, 0.1) is 12.3 Å². The summed E-state index contributed by atoms with van der Waals surface area (Å²) in [5.41, 5.74) is 1.16. The van der Waals surface area contributed by atoms with Gasteiger partial charge in [0.25, 0.3) is 0 Å². The monoisotopic (exact) mass is 385 g/mol. The Labute approximate surface area is 160 Å². The summed E-state index contributed by atoms with van der Waals surface area (Å²) in [5, 5.41) is 11.0. The number of benzene rings is 1. The molecule has 1 amide bonds. The van der Waals surface area contributed by atoms with Crippen LogP contribution in [0.2, 0.25) is 0 Å². The van der Waals surface area contributed by atoms with E-state index in [1.807, 2.05) is 0 Å². The normalized spacial score (nSPS) is 17.2. The molecule has 146 valence electrons. The average molecular weight is 385 g/mol. The van der Waals surface area contributed by atoms with Crippen LogP contribution in [0.1, 0.15) is 29.4 Å². The van der Waals surface area contributed by atoms with Gasteiger partial charge in [0.1, 0.15) is 5.75 Å². The Morgan fingerprint density at radius 1 is 1.32 bits per heavy atom. The summed E-state index contributed by atoms with van der Waals surface area (Å²) in [6.07, 6.45) is 4.94. The van der Waals surface area contributed by atoms with Gasteiger partial charge in [-0.15, -0.1) is 6.42 Å². The second-order valence-corrected chi connectivity index (χ2v) is 6.58. The Morgan fingerprint density at radius 2 is 2.11 bits per heavy atom. The van der Waals surface area contributed by atoms with E-state index in [1.165, 1.54) is 11.0 Å². The van der Waals surface area contributed by atoms with E-state index in [-0.39, 0.29) is 24.5 Å². The summed E-state index contributed by atoms with van der Waals surface area (Å²) in [5.74, 6) is 2.18. The first-order valence-corrected chi connectivity index (χ1v) is 8.99.